The van der Waals surface area contributed by atoms with E-state index in [4.69, 9.17) is 11.6 Å². The minimum absolute atomic E-state index is 0.0161. The minimum Gasteiger partial charge on any atom is -0.294 e. The Morgan fingerprint density at radius 1 is 1.00 bits per heavy atom. The molecule has 1 aliphatic carbocycles. The van der Waals surface area contributed by atoms with E-state index in [-0.39, 0.29) is 17.3 Å². The van der Waals surface area contributed by atoms with E-state index in [0.717, 1.165) is 16.8 Å². The second-order valence-corrected chi connectivity index (χ2v) is 7.48. The highest BCUT2D eigenvalue weighted by atomic mass is 35.5. The van der Waals surface area contributed by atoms with Crippen LogP contribution in [0.2, 0.25) is 5.02 Å². The largest absolute Gasteiger partial charge is 0.294 e. The van der Waals surface area contributed by atoms with Crippen molar-refractivity contribution in [3.05, 3.63) is 92.9 Å². The number of fused-ring (bicyclic) bond motifs is 3. The quantitative estimate of drug-likeness (QED) is 0.556. The number of pyridine rings is 1. The van der Waals surface area contributed by atoms with Crippen molar-refractivity contribution >= 4 is 28.4 Å². The molecule has 0 spiro atoms. The molecular formula is C22H16ClN3O2. The summed E-state index contributed by atoms with van der Waals surface area (Å²) >= 11 is 6.00. The van der Waals surface area contributed by atoms with Gasteiger partial charge >= 0.3 is 0 Å². The number of H-pyrrole nitrogens is 1. The Morgan fingerprint density at radius 2 is 1.75 bits per heavy atom. The summed E-state index contributed by atoms with van der Waals surface area (Å²) in [6.07, 6.45) is 2.60. The molecule has 0 saturated heterocycles. The Bertz CT molecular complexity index is 1260. The molecule has 0 unspecified atom stereocenters. The lowest BCUT2D eigenvalue weighted by Crippen LogP contribution is -2.22. The van der Waals surface area contributed by atoms with E-state index in [1.54, 1.807) is 6.20 Å². The number of para-hydroxylation sites is 1. The summed E-state index contributed by atoms with van der Waals surface area (Å²) in [5.41, 5.74) is 3.42. The van der Waals surface area contributed by atoms with Crippen molar-refractivity contribution < 1.29 is 4.79 Å². The van der Waals surface area contributed by atoms with E-state index in [0.29, 0.717) is 34.5 Å². The summed E-state index contributed by atoms with van der Waals surface area (Å²) in [4.78, 5) is 30.3. The van der Waals surface area contributed by atoms with Crippen molar-refractivity contribution in [1.82, 2.24) is 14.8 Å². The van der Waals surface area contributed by atoms with Gasteiger partial charge in [0.15, 0.2) is 11.4 Å². The van der Waals surface area contributed by atoms with Gasteiger partial charge in [-0.1, -0.05) is 41.9 Å². The number of aromatic nitrogens is 3. The van der Waals surface area contributed by atoms with E-state index >= 15 is 0 Å². The van der Waals surface area contributed by atoms with Crippen LogP contribution in [0.3, 0.4) is 0 Å². The fourth-order valence-corrected chi connectivity index (χ4v) is 4.09. The number of hydrogen-bond donors (Lipinski definition) is 1. The Hall–Kier alpha value is -3.18. The van der Waals surface area contributed by atoms with Crippen LogP contribution in [-0.4, -0.2) is 20.5 Å². The molecule has 2 aromatic carbocycles. The van der Waals surface area contributed by atoms with Crippen molar-refractivity contribution in [2.24, 2.45) is 0 Å². The first-order valence-electron chi connectivity index (χ1n) is 9.08. The van der Waals surface area contributed by atoms with Crippen LogP contribution in [0.5, 0.6) is 0 Å². The summed E-state index contributed by atoms with van der Waals surface area (Å²) in [6.45, 7) is 0. The van der Waals surface area contributed by atoms with Crippen LogP contribution in [0.4, 0.5) is 0 Å². The Balaban J connectivity index is 1.67. The third-order valence-corrected chi connectivity index (χ3v) is 5.61. The number of rotatable bonds is 2. The van der Waals surface area contributed by atoms with Crippen LogP contribution < -0.4 is 5.56 Å². The van der Waals surface area contributed by atoms with Crippen LogP contribution >= 0.6 is 11.6 Å². The first-order valence-corrected chi connectivity index (χ1v) is 9.46. The van der Waals surface area contributed by atoms with Gasteiger partial charge in [0, 0.05) is 23.2 Å². The standard InChI is InChI=1S/C22H16ClN3O2/c23-15-8-6-13(7-9-15)14-10-17-18(19(27)11-14)12-24-21-20(17)22(28)26(25-21)16-4-2-1-3-5-16/h1-9,12,14H,10-11H2,(H,24,25)/t14-/m0/s1. The molecule has 1 N–H and O–H groups in total. The maximum absolute atomic E-state index is 13.2. The molecular weight excluding hydrogens is 374 g/mol. The number of nitrogens with one attached hydrogen (secondary N) is 1. The van der Waals surface area contributed by atoms with Gasteiger partial charge in [-0.05, 0) is 47.7 Å². The summed E-state index contributed by atoms with van der Waals surface area (Å²) in [6, 6.07) is 16.9. The zero-order valence-electron chi connectivity index (χ0n) is 14.9. The molecule has 138 valence electrons. The van der Waals surface area contributed by atoms with Gasteiger partial charge in [0.1, 0.15) is 0 Å². The fourth-order valence-electron chi connectivity index (χ4n) is 3.97. The van der Waals surface area contributed by atoms with Crippen molar-refractivity contribution in [1.29, 1.82) is 0 Å². The minimum atomic E-state index is -0.185. The van der Waals surface area contributed by atoms with E-state index in [1.807, 2.05) is 54.6 Å². The molecule has 2 aromatic heterocycles. The molecule has 2 heterocycles. The van der Waals surface area contributed by atoms with Crippen LogP contribution in [0.25, 0.3) is 16.7 Å². The van der Waals surface area contributed by atoms with Crippen LogP contribution in [0.15, 0.2) is 65.6 Å². The highest BCUT2D eigenvalue weighted by molar-refractivity contribution is 6.30. The molecule has 1 atom stereocenters. The molecule has 0 amide bonds. The van der Waals surface area contributed by atoms with E-state index in [9.17, 15) is 9.59 Å². The van der Waals surface area contributed by atoms with Gasteiger partial charge in [-0.15, -0.1) is 0 Å². The summed E-state index contributed by atoms with van der Waals surface area (Å²) in [7, 11) is 0. The van der Waals surface area contributed by atoms with E-state index < -0.39 is 0 Å². The predicted octanol–water partition coefficient (Wildman–Crippen LogP) is 4.28. The summed E-state index contributed by atoms with van der Waals surface area (Å²) in [5, 5.41) is 4.23. The van der Waals surface area contributed by atoms with Gasteiger partial charge in [-0.25, -0.2) is 9.67 Å². The van der Waals surface area contributed by atoms with Gasteiger partial charge in [0.05, 0.1) is 11.1 Å². The van der Waals surface area contributed by atoms with Crippen molar-refractivity contribution in [3.63, 3.8) is 0 Å². The first-order chi connectivity index (χ1) is 13.6. The van der Waals surface area contributed by atoms with E-state index in [1.165, 1.54) is 4.68 Å². The number of ketones is 1. The molecule has 1 aliphatic rings. The van der Waals surface area contributed by atoms with Crippen LogP contribution in [0, 0.1) is 0 Å². The van der Waals surface area contributed by atoms with E-state index in [2.05, 4.69) is 10.1 Å². The number of carbonyl (C=O) groups is 1. The molecule has 0 radical (unpaired) electrons. The molecule has 6 heteroatoms. The van der Waals surface area contributed by atoms with Gasteiger partial charge in [-0.3, -0.25) is 14.7 Å². The maximum atomic E-state index is 13.2. The van der Waals surface area contributed by atoms with Crippen molar-refractivity contribution in [2.75, 3.05) is 0 Å². The second kappa shape index (κ2) is 6.46. The van der Waals surface area contributed by atoms with Gasteiger partial charge < -0.3 is 0 Å². The second-order valence-electron chi connectivity index (χ2n) is 7.04. The number of benzene rings is 2. The SMILES string of the molecule is O=C1C[C@@H](c2ccc(Cl)cc2)Cc2c1cnc1[nH]n(-c3ccccc3)c(=O)c21. The number of aromatic amines is 1. The molecule has 28 heavy (non-hydrogen) atoms. The van der Waals surface area contributed by atoms with Crippen molar-refractivity contribution in [3.8, 4) is 5.69 Å². The highest BCUT2D eigenvalue weighted by Crippen LogP contribution is 2.35. The number of halogens is 1. The smallest absolute Gasteiger partial charge is 0.281 e. The molecule has 5 nitrogen and oxygen atoms in total. The van der Waals surface area contributed by atoms with Gasteiger partial charge in [-0.2, -0.15) is 0 Å². The molecule has 0 bridgehead atoms. The zero-order valence-corrected chi connectivity index (χ0v) is 15.6. The van der Waals surface area contributed by atoms with Crippen LogP contribution in [0.1, 0.15) is 33.8 Å². The molecule has 0 fully saturated rings. The lowest BCUT2D eigenvalue weighted by molar-refractivity contribution is 0.0964. The average Bonchev–Trinajstić information content (AvgIpc) is 3.06. The predicted molar refractivity (Wildman–Crippen MR) is 109 cm³/mol. The molecule has 0 aliphatic heterocycles. The average molecular weight is 390 g/mol. The molecule has 0 saturated carbocycles. The highest BCUT2D eigenvalue weighted by Gasteiger charge is 2.30. The topological polar surface area (TPSA) is 67.8 Å². The Morgan fingerprint density at radius 3 is 2.50 bits per heavy atom. The number of hydrogen-bond acceptors (Lipinski definition) is 3. The molecule has 4 aromatic rings. The maximum Gasteiger partial charge on any atom is 0.281 e. The summed E-state index contributed by atoms with van der Waals surface area (Å²) < 4.78 is 1.48. The van der Waals surface area contributed by atoms with Crippen LogP contribution in [-0.2, 0) is 6.42 Å². The molecule has 5 rings (SSSR count). The zero-order chi connectivity index (χ0) is 19.3. The monoisotopic (exact) mass is 389 g/mol. The van der Waals surface area contributed by atoms with Gasteiger partial charge in [0.25, 0.3) is 5.56 Å². The number of nitrogens with zero attached hydrogens (tertiary/aromatic N) is 2. The number of Topliss-reactive ketones (excluding diaryl/α,β-unsaturated/α-hetero) is 1. The normalized spacial score (nSPS) is 16.3. The lowest BCUT2D eigenvalue weighted by atomic mass is 9.79. The Labute approximate surface area is 165 Å². The lowest BCUT2D eigenvalue weighted by Gasteiger charge is -2.24. The summed E-state index contributed by atoms with van der Waals surface area (Å²) in [5.74, 6) is 0.0322. The Kier molecular flexibility index (Phi) is 3.91. The first kappa shape index (κ1) is 17.0. The fraction of sp³-hybridized carbons (Fsp3) is 0.136. The third-order valence-electron chi connectivity index (χ3n) is 5.36. The third kappa shape index (κ3) is 2.67. The van der Waals surface area contributed by atoms with Gasteiger partial charge in [0.2, 0.25) is 0 Å². The number of carbonyl (C=O) groups excluding carboxylic acids is 1. The van der Waals surface area contributed by atoms with Crippen molar-refractivity contribution in [2.45, 2.75) is 18.8 Å².